The van der Waals surface area contributed by atoms with Crippen molar-refractivity contribution < 1.29 is 14.3 Å². The molecule has 0 saturated heterocycles. The second-order valence-electron chi connectivity index (χ2n) is 5.20. The van der Waals surface area contributed by atoms with E-state index in [-0.39, 0.29) is 11.9 Å². The minimum Gasteiger partial charge on any atom is -0.493 e. The Bertz CT molecular complexity index is 690. The lowest BCUT2D eigenvalue weighted by atomic mass is 9.95. The Morgan fingerprint density at radius 2 is 1.95 bits per heavy atom. The predicted octanol–water partition coefficient (Wildman–Crippen LogP) is 3.33. The summed E-state index contributed by atoms with van der Waals surface area (Å²) in [6, 6.07) is 13.5. The molecule has 4 rings (SSSR count). The van der Waals surface area contributed by atoms with Gasteiger partial charge >= 0.3 is 0 Å². The van der Waals surface area contributed by atoms with E-state index in [0.717, 1.165) is 24.3 Å². The van der Waals surface area contributed by atoms with Crippen molar-refractivity contribution in [3.8, 4) is 11.5 Å². The minimum atomic E-state index is -0.191. The topological polar surface area (TPSA) is 35.5 Å². The Kier molecular flexibility index (Phi) is 2.52. The van der Waals surface area contributed by atoms with Gasteiger partial charge in [0.25, 0.3) is 0 Å². The lowest BCUT2D eigenvalue weighted by molar-refractivity contribution is 0.0850. The Morgan fingerprint density at radius 3 is 2.90 bits per heavy atom. The fourth-order valence-corrected chi connectivity index (χ4v) is 2.87. The normalized spacial score (nSPS) is 19.8. The molecule has 0 bridgehead atoms. The van der Waals surface area contributed by atoms with Crippen molar-refractivity contribution in [1.82, 2.24) is 0 Å². The van der Waals surface area contributed by atoms with Crippen molar-refractivity contribution in [3.05, 3.63) is 59.2 Å². The van der Waals surface area contributed by atoms with Crippen LogP contribution in [0.25, 0.3) is 0 Å². The number of hydrogen-bond donors (Lipinski definition) is 0. The fourth-order valence-electron chi connectivity index (χ4n) is 2.87. The van der Waals surface area contributed by atoms with E-state index in [4.69, 9.17) is 9.47 Å². The second kappa shape index (κ2) is 4.37. The maximum Gasteiger partial charge on any atom is 0.170 e. The SMILES string of the molecule is O=C1CC(c2ccc3c(c2)CCO3)Oc2ccccc21. The standard InChI is InChI=1S/C17H14O3/c18-14-10-17(20-16-4-2-1-3-13(14)16)11-5-6-15-12(9-11)7-8-19-15/h1-6,9,17H,7-8,10H2. The molecule has 3 nitrogen and oxygen atoms in total. The van der Waals surface area contributed by atoms with E-state index in [2.05, 4.69) is 6.07 Å². The zero-order chi connectivity index (χ0) is 13.5. The average Bonchev–Trinajstić information content (AvgIpc) is 2.94. The first-order valence-electron chi connectivity index (χ1n) is 6.86. The first kappa shape index (κ1) is 11.5. The molecule has 0 N–H and O–H groups in total. The van der Waals surface area contributed by atoms with E-state index in [9.17, 15) is 4.79 Å². The van der Waals surface area contributed by atoms with Gasteiger partial charge in [-0.15, -0.1) is 0 Å². The molecule has 0 saturated carbocycles. The summed E-state index contributed by atoms with van der Waals surface area (Å²) in [6.45, 7) is 0.742. The van der Waals surface area contributed by atoms with Gasteiger partial charge in [0, 0.05) is 6.42 Å². The molecule has 1 unspecified atom stereocenters. The third-order valence-corrected chi connectivity index (χ3v) is 3.91. The van der Waals surface area contributed by atoms with E-state index in [1.807, 2.05) is 36.4 Å². The summed E-state index contributed by atoms with van der Waals surface area (Å²) < 4.78 is 11.5. The number of para-hydroxylation sites is 1. The third-order valence-electron chi connectivity index (χ3n) is 3.91. The minimum absolute atomic E-state index is 0.147. The van der Waals surface area contributed by atoms with Crippen molar-refractivity contribution in [3.63, 3.8) is 0 Å². The van der Waals surface area contributed by atoms with Crippen LogP contribution in [-0.2, 0) is 6.42 Å². The van der Waals surface area contributed by atoms with Crippen LogP contribution in [0.1, 0.15) is 34.0 Å². The van der Waals surface area contributed by atoms with Crippen LogP contribution in [0.3, 0.4) is 0 Å². The Hall–Kier alpha value is -2.29. The average molecular weight is 266 g/mol. The highest BCUT2D eigenvalue weighted by Crippen LogP contribution is 2.36. The highest BCUT2D eigenvalue weighted by Gasteiger charge is 2.28. The Balaban J connectivity index is 1.69. The number of benzene rings is 2. The summed E-state index contributed by atoms with van der Waals surface area (Å²) >= 11 is 0. The molecule has 20 heavy (non-hydrogen) atoms. The van der Waals surface area contributed by atoms with Gasteiger partial charge in [-0.2, -0.15) is 0 Å². The monoisotopic (exact) mass is 266 g/mol. The molecule has 2 aromatic carbocycles. The van der Waals surface area contributed by atoms with Crippen molar-refractivity contribution in [2.24, 2.45) is 0 Å². The first-order valence-corrected chi connectivity index (χ1v) is 6.86. The van der Waals surface area contributed by atoms with E-state index in [0.29, 0.717) is 17.7 Å². The molecule has 100 valence electrons. The van der Waals surface area contributed by atoms with E-state index >= 15 is 0 Å². The van der Waals surface area contributed by atoms with Crippen LogP contribution < -0.4 is 9.47 Å². The number of ketones is 1. The number of ether oxygens (including phenoxy) is 2. The first-order chi connectivity index (χ1) is 9.81. The van der Waals surface area contributed by atoms with Crippen molar-refractivity contribution in [2.45, 2.75) is 18.9 Å². The smallest absolute Gasteiger partial charge is 0.170 e. The Morgan fingerprint density at radius 1 is 1.05 bits per heavy atom. The zero-order valence-electron chi connectivity index (χ0n) is 11.0. The van der Waals surface area contributed by atoms with Gasteiger partial charge in [-0.3, -0.25) is 4.79 Å². The molecule has 0 aromatic heterocycles. The summed E-state index contributed by atoms with van der Waals surface area (Å²) in [5, 5.41) is 0. The molecular weight excluding hydrogens is 252 g/mol. The van der Waals surface area contributed by atoms with Crippen molar-refractivity contribution in [1.29, 1.82) is 0 Å². The number of fused-ring (bicyclic) bond motifs is 2. The summed E-state index contributed by atoms with van der Waals surface area (Å²) in [6.07, 6.45) is 1.14. The number of rotatable bonds is 1. The molecule has 3 heteroatoms. The van der Waals surface area contributed by atoms with Crippen LogP contribution in [0.2, 0.25) is 0 Å². The molecular formula is C17H14O3. The summed E-state index contributed by atoms with van der Waals surface area (Å²) in [5.74, 6) is 1.79. The molecule has 0 aliphatic carbocycles. The van der Waals surface area contributed by atoms with Gasteiger partial charge in [0.1, 0.15) is 17.6 Å². The Labute approximate surface area is 117 Å². The number of Topliss-reactive ketones (excluding diaryl/α,β-unsaturated/α-hetero) is 1. The lowest BCUT2D eigenvalue weighted by Gasteiger charge is -2.25. The van der Waals surface area contributed by atoms with Gasteiger partial charge < -0.3 is 9.47 Å². The van der Waals surface area contributed by atoms with Crippen LogP contribution in [-0.4, -0.2) is 12.4 Å². The maximum atomic E-state index is 12.2. The van der Waals surface area contributed by atoms with Gasteiger partial charge in [-0.1, -0.05) is 18.2 Å². The number of carbonyl (C=O) groups excluding carboxylic acids is 1. The molecule has 0 amide bonds. The third kappa shape index (κ3) is 1.78. The molecule has 0 radical (unpaired) electrons. The highest BCUT2D eigenvalue weighted by molar-refractivity contribution is 5.99. The lowest BCUT2D eigenvalue weighted by Crippen LogP contribution is -2.20. The second-order valence-corrected chi connectivity index (χ2v) is 5.20. The fraction of sp³-hybridized carbons (Fsp3) is 0.235. The number of hydrogen-bond acceptors (Lipinski definition) is 3. The van der Waals surface area contributed by atoms with E-state index in [1.165, 1.54) is 5.56 Å². The molecule has 2 aliphatic rings. The van der Waals surface area contributed by atoms with Crippen LogP contribution >= 0.6 is 0 Å². The van der Waals surface area contributed by atoms with Crippen molar-refractivity contribution in [2.75, 3.05) is 6.61 Å². The summed E-state index contributed by atoms with van der Waals surface area (Å²) in [4.78, 5) is 12.2. The summed E-state index contributed by atoms with van der Waals surface area (Å²) in [7, 11) is 0. The number of carbonyl (C=O) groups is 1. The van der Waals surface area contributed by atoms with Crippen LogP contribution in [0.15, 0.2) is 42.5 Å². The molecule has 0 spiro atoms. The van der Waals surface area contributed by atoms with E-state index < -0.39 is 0 Å². The predicted molar refractivity (Wildman–Crippen MR) is 74.4 cm³/mol. The quantitative estimate of drug-likeness (QED) is 0.794. The maximum absolute atomic E-state index is 12.2. The van der Waals surface area contributed by atoms with Gasteiger partial charge in [-0.25, -0.2) is 0 Å². The van der Waals surface area contributed by atoms with Crippen LogP contribution in [0.4, 0.5) is 0 Å². The zero-order valence-corrected chi connectivity index (χ0v) is 11.0. The summed E-state index contributed by atoms with van der Waals surface area (Å²) in [5.41, 5.74) is 2.95. The van der Waals surface area contributed by atoms with Crippen LogP contribution in [0.5, 0.6) is 11.5 Å². The molecule has 0 fully saturated rings. The van der Waals surface area contributed by atoms with Gasteiger partial charge in [-0.05, 0) is 35.4 Å². The van der Waals surface area contributed by atoms with Gasteiger partial charge in [0.15, 0.2) is 5.78 Å². The largest absolute Gasteiger partial charge is 0.493 e. The highest BCUT2D eigenvalue weighted by atomic mass is 16.5. The van der Waals surface area contributed by atoms with E-state index in [1.54, 1.807) is 0 Å². The van der Waals surface area contributed by atoms with Crippen molar-refractivity contribution >= 4 is 5.78 Å². The molecule has 2 aliphatic heterocycles. The van der Waals surface area contributed by atoms with Gasteiger partial charge in [0.05, 0.1) is 18.6 Å². The molecule has 2 aromatic rings. The molecule has 1 atom stereocenters. The van der Waals surface area contributed by atoms with Crippen LogP contribution in [0, 0.1) is 0 Å². The molecule has 2 heterocycles. The van der Waals surface area contributed by atoms with Gasteiger partial charge in [0.2, 0.25) is 0 Å².